The van der Waals surface area contributed by atoms with E-state index in [4.69, 9.17) is 37.0 Å². The van der Waals surface area contributed by atoms with Crippen LogP contribution in [-0.2, 0) is 65.4 Å². The molecule has 0 saturated carbocycles. The Hall–Kier alpha value is -1.94. The zero-order chi connectivity index (χ0) is 73.5. The molecule has 3 N–H and O–H groups in total. The van der Waals surface area contributed by atoms with Crippen LogP contribution in [0.1, 0.15) is 427 Å². The molecular weight excluding hydrogens is 1310 g/mol. The number of hydrogen-bond acceptors (Lipinski definition) is 15. The number of unbranched alkanes of at least 4 members (excludes halogenated alkanes) is 49. The first-order valence-corrected chi connectivity index (χ1v) is 45.0. The SMILES string of the molecule is CCCCCCCCCCCCCCCCCCCCCCC(=O)O[C@H](COC(=O)CCCCCCCCCCCCCCCCC(C)C)COP(=O)(O)OC[C@@H](O)COP(=O)(O)OC[C@@H](COC(=O)CCCCCCCCCCC)OC(=O)CCCCCCCCCCCCC(C)CC. The number of carbonyl (C=O) groups excluding carboxylic acids is 4. The maximum atomic E-state index is 13.1. The second kappa shape index (κ2) is 72.6. The van der Waals surface area contributed by atoms with Gasteiger partial charge in [0.1, 0.15) is 19.3 Å². The molecule has 0 rings (SSSR count). The topological polar surface area (TPSA) is 237 Å². The van der Waals surface area contributed by atoms with E-state index in [0.29, 0.717) is 25.7 Å². The highest BCUT2D eigenvalue weighted by Gasteiger charge is 2.30. The first kappa shape index (κ1) is 98.1. The minimum Gasteiger partial charge on any atom is -0.462 e. The zero-order valence-corrected chi connectivity index (χ0v) is 67.3. The van der Waals surface area contributed by atoms with Crippen molar-refractivity contribution in [1.82, 2.24) is 0 Å². The normalized spacial score (nSPS) is 14.2. The van der Waals surface area contributed by atoms with Crippen LogP contribution in [0, 0.1) is 11.8 Å². The molecule has 3 unspecified atom stereocenters. The smallest absolute Gasteiger partial charge is 0.462 e. The lowest BCUT2D eigenvalue weighted by atomic mass is 9.99. The van der Waals surface area contributed by atoms with E-state index >= 15 is 0 Å². The summed E-state index contributed by atoms with van der Waals surface area (Å²) in [6.45, 7) is 9.67. The number of aliphatic hydroxyl groups excluding tert-OH is 1. The molecule has 0 aliphatic carbocycles. The Balaban J connectivity index is 5.22. The fraction of sp³-hybridized carbons (Fsp3) is 0.951. The lowest BCUT2D eigenvalue weighted by Crippen LogP contribution is -2.30. The van der Waals surface area contributed by atoms with Crippen LogP contribution in [0.4, 0.5) is 0 Å². The predicted octanol–water partition coefficient (Wildman–Crippen LogP) is 24.3. The Morgan fingerprint density at radius 1 is 0.290 bits per heavy atom. The van der Waals surface area contributed by atoms with Gasteiger partial charge in [0.05, 0.1) is 26.4 Å². The van der Waals surface area contributed by atoms with Crippen molar-refractivity contribution in [1.29, 1.82) is 0 Å². The summed E-state index contributed by atoms with van der Waals surface area (Å²) in [6.07, 6.45) is 62.4. The van der Waals surface area contributed by atoms with Crippen molar-refractivity contribution in [2.45, 2.75) is 445 Å². The number of phosphoric ester groups is 2. The third-order valence-corrected chi connectivity index (χ3v) is 21.2. The third-order valence-electron chi connectivity index (χ3n) is 19.3. The van der Waals surface area contributed by atoms with Crippen molar-refractivity contribution in [2.24, 2.45) is 11.8 Å². The highest BCUT2D eigenvalue weighted by atomic mass is 31.2. The molecule has 100 heavy (non-hydrogen) atoms. The standard InChI is InChI=1S/C81H158O17P2/c1-7-10-12-14-16-18-19-20-21-22-23-24-25-26-31-34-41-47-53-59-65-80(85)97-77(70-92-79(84)64-58-52-46-40-33-30-28-27-29-32-38-43-49-55-61-73(4)5)72-96-100(89,90)94-68-75(82)67-93-99(87,88)95-71-76(69-91-78(83)63-57-51-45-37-17-15-13-11-8-2)98-81(86)66-60-54-48-42-36-35-39-44-50-56-62-74(6)9-3/h73-77,82H,7-72H2,1-6H3,(H,87,88)(H,89,90)/t74?,75-,76+,77+/m0/s1. The summed E-state index contributed by atoms with van der Waals surface area (Å²) in [6, 6.07) is 0. The van der Waals surface area contributed by atoms with Gasteiger partial charge in [0.25, 0.3) is 0 Å². The molecule has 0 bridgehead atoms. The van der Waals surface area contributed by atoms with Crippen LogP contribution < -0.4 is 0 Å². The van der Waals surface area contributed by atoms with Gasteiger partial charge < -0.3 is 33.8 Å². The van der Waals surface area contributed by atoms with Gasteiger partial charge in [-0.1, -0.05) is 375 Å². The molecule has 19 heteroatoms. The van der Waals surface area contributed by atoms with E-state index < -0.39 is 97.5 Å². The summed E-state index contributed by atoms with van der Waals surface area (Å²) in [5.41, 5.74) is 0. The Morgan fingerprint density at radius 3 is 0.760 bits per heavy atom. The fourth-order valence-corrected chi connectivity index (χ4v) is 14.1. The third kappa shape index (κ3) is 73.0. The molecule has 0 aliphatic rings. The van der Waals surface area contributed by atoms with Gasteiger partial charge in [-0.2, -0.15) is 0 Å². The van der Waals surface area contributed by atoms with Gasteiger partial charge in [-0.05, 0) is 37.5 Å². The van der Waals surface area contributed by atoms with Crippen LogP contribution in [0.3, 0.4) is 0 Å². The van der Waals surface area contributed by atoms with E-state index in [1.54, 1.807) is 0 Å². The average molecular weight is 1470 g/mol. The zero-order valence-electron chi connectivity index (χ0n) is 65.5. The summed E-state index contributed by atoms with van der Waals surface area (Å²) >= 11 is 0. The first-order valence-electron chi connectivity index (χ1n) is 42.0. The minimum absolute atomic E-state index is 0.106. The lowest BCUT2D eigenvalue weighted by Gasteiger charge is -2.21. The van der Waals surface area contributed by atoms with Crippen molar-refractivity contribution in [3.8, 4) is 0 Å². The number of esters is 4. The monoisotopic (exact) mass is 1470 g/mol. The molecule has 17 nitrogen and oxygen atoms in total. The quantitative estimate of drug-likeness (QED) is 0.0222. The van der Waals surface area contributed by atoms with Crippen molar-refractivity contribution in [3.63, 3.8) is 0 Å². The minimum atomic E-state index is -4.96. The van der Waals surface area contributed by atoms with Crippen LogP contribution in [0.2, 0.25) is 0 Å². The number of carbonyl (C=O) groups is 4. The van der Waals surface area contributed by atoms with Gasteiger partial charge in [0.2, 0.25) is 0 Å². The maximum absolute atomic E-state index is 13.1. The predicted molar refractivity (Wildman–Crippen MR) is 409 cm³/mol. The molecule has 0 heterocycles. The number of rotatable bonds is 80. The summed E-state index contributed by atoms with van der Waals surface area (Å²) in [7, 11) is -9.92. The maximum Gasteiger partial charge on any atom is 0.472 e. The number of ether oxygens (including phenoxy) is 4. The second-order valence-corrected chi connectivity index (χ2v) is 32.8. The van der Waals surface area contributed by atoms with Gasteiger partial charge in [-0.15, -0.1) is 0 Å². The Kier molecular flexibility index (Phi) is 71.2. The fourth-order valence-electron chi connectivity index (χ4n) is 12.5. The van der Waals surface area contributed by atoms with Gasteiger partial charge in [-0.25, -0.2) is 9.13 Å². The Bertz CT molecular complexity index is 1930. The Labute approximate surface area is 613 Å². The summed E-state index contributed by atoms with van der Waals surface area (Å²) in [5.74, 6) is -0.507. The van der Waals surface area contributed by atoms with Crippen LogP contribution in [0.25, 0.3) is 0 Å². The molecular formula is C81H158O17P2. The molecule has 0 aromatic carbocycles. The van der Waals surface area contributed by atoms with E-state index in [1.807, 2.05) is 0 Å². The van der Waals surface area contributed by atoms with Crippen LogP contribution in [0.15, 0.2) is 0 Å². The van der Waals surface area contributed by atoms with Gasteiger partial charge in [0, 0.05) is 25.7 Å². The molecule has 0 spiro atoms. The van der Waals surface area contributed by atoms with E-state index in [1.165, 1.54) is 244 Å². The molecule has 0 radical (unpaired) electrons. The molecule has 594 valence electrons. The van der Waals surface area contributed by atoms with Gasteiger partial charge in [0.15, 0.2) is 12.2 Å². The average Bonchev–Trinajstić information content (AvgIpc) is 1.93. The molecule has 0 fully saturated rings. The molecule has 0 aliphatic heterocycles. The molecule has 0 saturated heterocycles. The van der Waals surface area contributed by atoms with E-state index in [9.17, 15) is 43.2 Å². The van der Waals surface area contributed by atoms with E-state index in [2.05, 4.69) is 41.5 Å². The summed E-state index contributed by atoms with van der Waals surface area (Å²) in [5, 5.41) is 10.6. The van der Waals surface area contributed by atoms with E-state index in [0.717, 1.165) is 102 Å². The molecule has 6 atom stereocenters. The lowest BCUT2D eigenvalue weighted by molar-refractivity contribution is -0.161. The van der Waals surface area contributed by atoms with Crippen LogP contribution >= 0.6 is 15.6 Å². The van der Waals surface area contributed by atoms with Gasteiger partial charge >= 0.3 is 39.5 Å². The van der Waals surface area contributed by atoms with Crippen molar-refractivity contribution in [3.05, 3.63) is 0 Å². The van der Waals surface area contributed by atoms with Crippen molar-refractivity contribution < 1.29 is 80.2 Å². The number of phosphoric acid groups is 2. The highest BCUT2D eigenvalue weighted by Crippen LogP contribution is 2.45. The number of aliphatic hydroxyl groups is 1. The molecule has 0 aromatic rings. The molecule has 0 amide bonds. The van der Waals surface area contributed by atoms with Crippen LogP contribution in [0.5, 0.6) is 0 Å². The summed E-state index contributed by atoms with van der Waals surface area (Å²) < 4.78 is 68.7. The second-order valence-electron chi connectivity index (χ2n) is 29.9. The summed E-state index contributed by atoms with van der Waals surface area (Å²) in [4.78, 5) is 73.0. The van der Waals surface area contributed by atoms with Crippen molar-refractivity contribution >= 4 is 39.5 Å². The first-order chi connectivity index (χ1) is 48.4. The van der Waals surface area contributed by atoms with Gasteiger partial charge in [-0.3, -0.25) is 37.3 Å². The Morgan fingerprint density at radius 2 is 0.510 bits per heavy atom. The van der Waals surface area contributed by atoms with Crippen LogP contribution in [-0.4, -0.2) is 96.7 Å². The largest absolute Gasteiger partial charge is 0.472 e. The molecule has 0 aromatic heterocycles. The number of hydrogen-bond donors (Lipinski definition) is 3. The highest BCUT2D eigenvalue weighted by molar-refractivity contribution is 7.47. The van der Waals surface area contributed by atoms with E-state index in [-0.39, 0.29) is 25.7 Å². The van der Waals surface area contributed by atoms with Crippen molar-refractivity contribution in [2.75, 3.05) is 39.6 Å².